The Morgan fingerprint density at radius 2 is 1.96 bits per heavy atom. The molecule has 0 N–H and O–H groups in total. The molecule has 0 saturated heterocycles. The van der Waals surface area contributed by atoms with Gasteiger partial charge in [0.1, 0.15) is 12.9 Å². The average Bonchev–Trinajstić information content (AvgIpc) is 3.15. The number of pyridine rings is 1. The van der Waals surface area contributed by atoms with Crippen LogP contribution >= 0.6 is 11.6 Å². The van der Waals surface area contributed by atoms with E-state index in [4.69, 9.17) is 16.3 Å². The summed E-state index contributed by atoms with van der Waals surface area (Å²) in [4.78, 5) is 25.5. The smallest absolute Gasteiger partial charge is 0.310 e. The predicted octanol–water partition coefficient (Wildman–Crippen LogP) is 3.54. The average molecular weight is 396 g/mol. The lowest BCUT2D eigenvalue weighted by Gasteiger charge is -2.12. The van der Waals surface area contributed by atoms with Gasteiger partial charge >= 0.3 is 5.97 Å². The van der Waals surface area contributed by atoms with Gasteiger partial charge in [0.25, 0.3) is 5.78 Å². The minimum atomic E-state index is -0.379. The van der Waals surface area contributed by atoms with Gasteiger partial charge in [-0.15, -0.1) is 0 Å². The number of halogens is 1. The molecule has 0 aliphatic carbocycles. The highest BCUT2D eigenvalue weighted by molar-refractivity contribution is 6.32. The first-order valence-corrected chi connectivity index (χ1v) is 9.18. The number of carbonyl (C=O) groups is 1. The summed E-state index contributed by atoms with van der Waals surface area (Å²) in [7, 11) is 0. The highest BCUT2D eigenvalue weighted by Gasteiger charge is 2.17. The van der Waals surface area contributed by atoms with Crippen LogP contribution in [0.2, 0.25) is 5.02 Å². The lowest BCUT2D eigenvalue weighted by Crippen LogP contribution is -2.14. The molecule has 8 heteroatoms. The highest BCUT2D eigenvalue weighted by Crippen LogP contribution is 2.27. The van der Waals surface area contributed by atoms with Crippen LogP contribution in [0.5, 0.6) is 0 Å². The molecular weight excluding hydrogens is 378 g/mol. The molecule has 0 spiro atoms. The molecule has 1 aromatic carbocycles. The summed E-state index contributed by atoms with van der Waals surface area (Å²) >= 11 is 6.44. The zero-order valence-electron chi connectivity index (χ0n) is 15.7. The van der Waals surface area contributed by atoms with Crippen molar-refractivity contribution in [2.75, 3.05) is 0 Å². The number of esters is 1. The lowest BCUT2D eigenvalue weighted by molar-refractivity contribution is -0.144. The Bertz CT molecular complexity index is 1220. The molecule has 3 aromatic heterocycles. The van der Waals surface area contributed by atoms with Crippen molar-refractivity contribution in [1.29, 1.82) is 0 Å². The van der Waals surface area contributed by atoms with E-state index in [1.165, 1.54) is 6.33 Å². The number of rotatable bonds is 4. The van der Waals surface area contributed by atoms with Gasteiger partial charge in [-0.1, -0.05) is 29.8 Å². The number of para-hydroxylation sites is 1. The Hall–Kier alpha value is -3.06. The zero-order valence-corrected chi connectivity index (χ0v) is 16.5. The van der Waals surface area contributed by atoms with Crippen molar-refractivity contribution in [2.24, 2.45) is 0 Å². The van der Waals surface area contributed by atoms with E-state index in [1.807, 2.05) is 45.0 Å². The van der Waals surface area contributed by atoms with Crippen molar-refractivity contribution < 1.29 is 9.53 Å². The SMILES string of the molecule is Cc1nc2ncnn2c(C)c1CC(=O)OCc1nc2ccccc2c(C)c1Cl. The number of benzene rings is 1. The first kappa shape index (κ1) is 18.3. The van der Waals surface area contributed by atoms with Gasteiger partial charge in [0.15, 0.2) is 0 Å². The molecule has 28 heavy (non-hydrogen) atoms. The van der Waals surface area contributed by atoms with Gasteiger partial charge in [-0.05, 0) is 32.4 Å². The summed E-state index contributed by atoms with van der Waals surface area (Å²) in [5.74, 6) is 0.130. The summed E-state index contributed by atoms with van der Waals surface area (Å²) in [6, 6.07) is 7.74. The molecule has 0 atom stereocenters. The Balaban J connectivity index is 1.54. The second kappa shape index (κ2) is 7.16. The Morgan fingerprint density at radius 3 is 2.79 bits per heavy atom. The Labute approximate surface area is 166 Å². The van der Waals surface area contributed by atoms with Crippen LogP contribution < -0.4 is 0 Å². The number of hydrogen-bond acceptors (Lipinski definition) is 6. The molecule has 3 heterocycles. The highest BCUT2D eigenvalue weighted by atomic mass is 35.5. The molecule has 0 unspecified atom stereocenters. The lowest BCUT2D eigenvalue weighted by atomic mass is 10.1. The van der Waals surface area contributed by atoms with Crippen molar-refractivity contribution >= 4 is 34.3 Å². The number of hydrogen-bond donors (Lipinski definition) is 0. The minimum absolute atomic E-state index is 0.0143. The molecule has 0 amide bonds. The van der Waals surface area contributed by atoms with Crippen LogP contribution in [0.3, 0.4) is 0 Å². The second-order valence-corrected chi connectivity index (χ2v) is 6.96. The number of nitrogens with zero attached hydrogens (tertiary/aromatic N) is 5. The largest absolute Gasteiger partial charge is 0.459 e. The van der Waals surface area contributed by atoms with Crippen molar-refractivity contribution in [3.05, 3.63) is 63.8 Å². The number of fused-ring (bicyclic) bond motifs is 2. The monoisotopic (exact) mass is 395 g/mol. The normalized spacial score (nSPS) is 11.3. The minimum Gasteiger partial charge on any atom is -0.459 e. The van der Waals surface area contributed by atoms with Crippen LogP contribution in [0.1, 0.15) is 28.2 Å². The molecule has 0 bridgehead atoms. The molecule has 7 nitrogen and oxygen atoms in total. The fraction of sp³-hybridized carbons (Fsp3) is 0.250. The van der Waals surface area contributed by atoms with Crippen molar-refractivity contribution in [2.45, 2.75) is 33.8 Å². The summed E-state index contributed by atoms with van der Waals surface area (Å²) < 4.78 is 7.07. The standard InChI is InChI=1S/C20H18ClN5O2/c1-11-14-6-4-5-7-16(14)25-17(19(11)21)9-28-18(27)8-15-12(2)24-20-22-10-23-26(20)13(15)3/h4-7,10H,8-9H2,1-3H3. The molecule has 0 fully saturated rings. The van der Waals surface area contributed by atoms with E-state index in [0.717, 1.165) is 33.4 Å². The van der Waals surface area contributed by atoms with E-state index in [-0.39, 0.29) is 19.0 Å². The number of ether oxygens (including phenoxy) is 1. The summed E-state index contributed by atoms with van der Waals surface area (Å²) in [6.45, 7) is 5.67. The van der Waals surface area contributed by atoms with Crippen LogP contribution in [0, 0.1) is 20.8 Å². The van der Waals surface area contributed by atoms with Gasteiger partial charge in [-0.3, -0.25) is 4.79 Å². The van der Waals surface area contributed by atoms with E-state index < -0.39 is 0 Å². The van der Waals surface area contributed by atoms with Crippen LogP contribution in [0.15, 0.2) is 30.6 Å². The molecular formula is C20H18ClN5O2. The molecule has 4 rings (SSSR count). The number of aromatic nitrogens is 5. The molecule has 142 valence electrons. The molecule has 0 saturated carbocycles. The van der Waals surface area contributed by atoms with E-state index in [9.17, 15) is 4.79 Å². The van der Waals surface area contributed by atoms with Gasteiger partial charge < -0.3 is 4.74 Å². The Kier molecular flexibility index (Phi) is 4.68. The molecule has 0 aliphatic rings. The molecule has 0 aliphatic heterocycles. The third-order valence-corrected chi connectivity index (χ3v) is 5.33. The summed E-state index contributed by atoms with van der Waals surface area (Å²) in [5.41, 5.74) is 4.61. The van der Waals surface area contributed by atoms with Crippen LogP contribution in [0.25, 0.3) is 16.7 Å². The third kappa shape index (κ3) is 3.18. The van der Waals surface area contributed by atoms with Gasteiger partial charge in [-0.25, -0.2) is 14.5 Å². The first-order valence-electron chi connectivity index (χ1n) is 8.81. The quantitative estimate of drug-likeness (QED) is 0.491. The third-order valence-electron chi connectivity index (χ3n) is 4.83. The fourth-order valence-corrected chi connectivity index (χ4v) is 3.47. The van der Waals surface area contributed by atoms with E-state index in [2.05, 4.69) is 20.1 Å². The van der Waals surface area contributed by atoms with Gasteiger partial charge in [0.2, 0.25) is 0 Å². The van der Waals surface area contributed by atoms with Crippen LogP contribution in [0.4, 0.5) is 0 Å². The zero-order chi connectivity index (χ0) is 19.8. The number of carbonyl (C=O) groups excluding carboxylic acids is 1. The second-order valence-electron chi connectivity index (χ2n) is 6.59. The Morgan fingerprint density at radius 1 is 1.18 bits per heavy atom. The first-order chi connectivity index (χ1) is 13.5. The molecule has 4 aromatic rings. The van der Waals surface area contributed by atoms with E-state index in [1.54, 1.807) is 4.52 Å². The van der Waals surface area contributed by atoms with Gasteiger partial charge in [0, 0.05) is 22.3 Å². The maximum Gasteiger partial charge on any atom is 0.310 e. The van der Waals surface area contributed by atoms with E-state index >= 15 is 0 Å². The summed E-state index contributed by atoms with van der Waals surface area (Å²) in [5, 5.41) is 5.64. The summed E-state index contributed by atoms with van der Waals surface area (Å²) in [6.07, 6.45) is 1.53. The maximum absolute atomic E-state index is 12.5. The maximum atomic E-state index is 12.5. The van der Waals surface area contributed by atoms with Crippen molar-refractivity contribution in [1.82, 2.24) is 24.6 Å². The molecule has 0 radical (unpaired) electrons. The topological polar surface area (TPSA) is 82.3 Å². The van der Waals surface area contributed by atoms with Gasteiger partial charge in [-0.2, -0.15) is 10.1 Å². The fourth-order valence-electron chi connectivity index (χ4n) is 3.27. The van der Waals surface area contributed by atoms with Crippen molar-refractivity contribution in [3.8, 4) is 0 Å². The number of aryl methyl sites for hydroxylation is 3. The van der Waals surface area contributed by atoms with Crippen LogP contribution in [-0.4, -0.2) is 30.5 Å². The van der Waals surface area contributed by atoms with Crippen LogP contribution in [-0.2, 0) is 22.6 Å². The van der Waals surface area contributed by atoms with E-state index in [0.29, 0.717) is 16.5 Å². The van der Waals surface area contributed by atoms with Crippen molar-refractivity contribution in [3.63, 3.8) is 0 Å². The predicted molar refractivity (Wildman–Crippen MR) is 105 cm³/mol. The van der Waals surface area contributed by atoms with Gasteiger partial charge in [0.05, 0.1) is 22.7 Å².